The van der Waals surface area contributed by atoms with Gasteiger partial charge < -0.3 is 15.8 Å². The third-order valence-electron chi connectivity index (χ3n) is 5.85. The van der Waals surface area contributed by atoms with Crippen LogP contribution in [0.5, 0.6) is 5.75 Å². The molecular weight excluding hydrogens is 354 g/mol. The number of aromatic nitrogens is 3. The van der Waals surface area contributed by atoms with Gasteiger partial charge in [-0.05, 0) is 43.5 Å². The zero-order valence-corrected chi connectivity index (χ0v) is 16.7. The van der Waals surface area contributed by atoms with Crippen molar-refractivity contribution < 1.29 is 10.5 Å². The van der Waals surface area contributed by atoms with E-state index in [1.165, 1.54) is 0 Å². The van der Waals surface area contributed by atoms with Gasteiger partial charge in [0.2, 0.25) is 0 Å². The number of anilines is 2. The second kappa shape index (κ2) is 7.31. The summed E-state index contributed by atoms with van der Waals surface area (Å²) in [5.41, 5.74) is 8.04. The lowest BCUT2D eigenvalue weighted by Gasteiger charge is -2.25. The monoisotopic (exact) mass is 382 g/mol. The Bertz CT molecular complexity index is 1060. The molecule has 1 fully saturated rings. The van der Waals surface area contributed by atoms with Gasteiger partial charge >= 0.3 is 5.69 Å². The topological polar surface area (TPSA) is 88.7 Å². The maximum absolute atomic E-state index is 12.9. The molecule has 28 heavy (non-hydrogen) atoms. The SMILES string of the molecule is COc1ccc(Nc2cc3c(cn2)n(C)c(=O)n3C2CCC([NH3+])CC2)c(C)c1. The maximum atomic E-state index is 12.9. The standard InChI is InChI=1S/C21H27N5O2/c1-13-10-16(28-3)8-9-17(13)24-20-11-18-19(12-23-20)25(2)21(27)26(18)15-6-4-14(22)5-7-15/h8-12,14-15H,4-7,22H2,1-3H3,(H,23,24)/p+1. The molecule has 7 heteroatoms. The molecule has 2 heterocycles. The molecule has 4 N–H and O–H groups in total. The van der Waals surface area contributed by atoms with E-state index in [1.54, 1.807) is 17.9 Å². The number of rotatable bonds is 4. The van der Waals surface area contributed by atoms with Crippen molar-refractivity contribution in [3.63, 3.8) is 0 Å². The number of fused-ring (bicyclic) bond motifs is 1. The second-order valence-electron chi connectivity index (χ2n) is 7.75. The minimum atomic E-state index is 0.0297. The highest BCUT2D eigenvalue weighted by atomic mass is 16.5. The highest BCUT2D eigenvalue weighted by Gasteiger charge is 2.26. The van der Waals surface area contributed by atoms with Crippen molar-refractivity contribution in [2.75, 3.05) is 12.4 Å². The number of hydrogen-bond donors (Lipinski definition) is 2. The maximum Gasteiger partial charge on any atom is 0.329 e. The summed E-state index contributed by atoms with van der Waals surface area (Å²) in [6, 6.07) is 8.59. The van der Waals surface area contributed by atoms with E-state index >= 15 is 0 Å². The van der Waals surface area contributed by atoms with E-state index in [4.69, 9.17) is 4.74 Å². The van der Waals surface area contributed by atoms with Crippen molar-refractivity contribution in [1.29, 1.82) is 0 Å². The Kier molecular flexibility index (Phi) is 4.85. The lowest BCUT2D eigenvalue weighted by molar-refractivity contribution is -0.426. The fraction of sp³-hybridized carbons (Fsp3) is 0.429. The normalized spacial score (nSPS) is 19.7. The van der Waals surface area contributed by atoms with E-state index in [1.807, 2.05) is 42.8 Å². The number of methoxy groups -OCH3 is 1. The van der Waals surface area contributed by atoms with Gasteiger partial charge in [-0.1, -0.05) is 0 Å². The molecule has 0 bridgehead atoms. The number of imidazole rings is 1. The summed E-state index contributed by atoms with van der Waals surface area (Å²) in [6.07, 6.45) is 5.90. The Labute approximate surface area is 164 Å². The number of hydrogen-bond acceptors (Lipinski definition) is 4. The first kappa shape index (κ1) is 18.6. The quantitative estimate of drug-likeness (QED) is 0.726. The number of pyridine rings is 1. The zero-order valence-electron chi connectivity index (χ0n) is 16.7. The molecule has 0 radical (unpaired) electrons. The van der Waals surface area contributed by atoms with E-state index in [0.717, 1.165) is 59.5 Å². The van der Waals surface area contributed by atoms with Crippen molar-refractivity contribution in [1.82, 2.24) is 14.1 Å². The molecule has 1 saturated carbocycles. The first-order chi connectivity index (χ1) is 13.5. The summed E-state index contributed by atoms with van der Waals surface area (Å²) in [6.45, 7) is 2.03. The molecule has 0 amide bonds. The molecule has 2 aromatic heterocycles. The van der Waals surface area contributed by atoms with Crippen LogP contribution in [0.2, 0.25) is 0 Å². The van der Waals surface area contributed by atoms with Gasteiger partial charge in [0.25, 0.3) is 0 Å². The Hall–Kier alpha value is -2.80. The highest BCUT2D eigenvalue weighted by molar-refractivity contribution is 5.79. The minimum Gasteiger partial charge on any atom is -0.497 e. The van der Waals surface area contributed by atoms with E-state index in [9.17, 15) is 4.79 Å². The minimum absolute atomic E-state index is 0.0297. The lowest BCUT2D eigenvalue weighted by Crippen LogP contribution is -2.61. The van der Waals surface area contributed by atoms with Crippen LogP contribution in [0.25, 0.3) is 11.0 Å². The van der Waals surface area contributed by atoms with E-state index in [-0.39, 0.29) is 11.7 Å². The molecule has 0 atom stereocenters. The third-order valence-corrected chi connectivity index (χ3v) is 5.85. The van der Waals surface area contributed by atoms with Crippen molar-refractivity contribution in [3.8, 4) is 5.75 Å². The number of nitrogens with zero attached hydrogens (tertiary/aromatic N) is 3. The summed E-state index contributed by atoms with van der Waals surface area (Å²) >= 11 is 0. The van der Waals surface area contributed by atoms with E-state index < -0.39 is 0 Å². The van der Waals surface area contributed by atoms with Crippen LogP contribution in [-0.4, -0.2) is 27.3 Å². The molecule has 1 aliphatic rings. The van der Waals surface area contributed by atoms with E-state index in [0.29, 0.717) is 6.04 Å². The van der Waals surface area contributed by atoms with Crippen LogP contribution >= 0.6 is 0 Å². The molecule has 1 aromatic carbocycles. The largest absolute Gasteiger partial charge is 0.497 e. The number of ether oxygens (including phenoxy) is 1. The van der Waals surface area contributed by atoms with Crippen LogP contribution < -0.4 is 21.5 Å². The molecule has 148 valence electrons. The highest BCUT2D eigenvalue weighted by Crippen LogP contribution is 2.30. The molecule has 0 unspecified atom stereocenters. The predicted molar refractivity (Wildman–Crippen MR) is 110 cm³/mol. The second-order valence-corrected chi connectivity index (χ2v) is 7.75. The van der Waals surface area contributed by atoms with Gasteiger partial charge in [0, 0.05) is 37.7 Å². The van der Waals surface area contributed by atoms with Gasteiger partial charge in [-0.2, -0.15) is 0 Å². The van der Waals surface area contributed by atoms with Gasteiger partial charge in [0.15, 0.2) is 0 Å². The van der Waals surface area contributed by atoms with Crippen molar-refractivity contribution in [2.45, 2.75) is 44.7 Å². The van der Waals surface area contributed by atoms with Crippen LogP contribution in [0.4, 0.5) is 11.5 Å². The number of quaternary nitrogens is 1. The van der Waals surface area contributed by atoms with Gasteiger partial charge in [-0.15, -0.1) is 0 Å². The first-order valence-corrected chi connectivity index (χ1v) is 9.79. The van der Waals surface area contributed by atoms with Gasteiger partial charge in [-0.3, -0.25) is 9.13 Å². The summed E-state index contributed by atoms with van der Waals surface area (Å²) < 4.78 is 8.92. The molecule has 0 saturated heterocycles. The van der Waals surface area contributed by atoms with Crippen molar-refractivity contribution in [3.05, 3.63) is 46.5 Å². The molecule has 0 aliphatic heterocycles. The lowest BCUT2D eigenvalue weighted by atomic mass is 9.91. The summed E-state index contributed by atoms with van der Waals surface area (Å²) in [5, 5.41) is 3.38. The Morgan fingerprint density at radius 2 is 1.93 bits per heavy atom. The Morgan fingerprint density at radius 3 is 2.61 bits per heavy atom. The van der Waals surface area contributed by atoms with E-state index in [2.05, 4.69) is 16.0 Å². The van der Waals surface area contributed by atoms with Crippen LogP contribution in [0.15, 0.2) is 35.3 Å². The van der Waals surface area contributed by atoms with Gasteiger partial charge in [0.05, 0.1) is 30.4 Å². The molecule has 1 aliphatic carbocycles. The Balaban J connectivity index is 1.72. The number of nitrogens with one attached hydrogen (secondary N) is 1. The van der Waals surface area contributed by atoms with Gasteiger partial charge in [0.1, 0.15) is 11.6 Å². The van der Waals surface area contributed by atoms with Crippen LogP contribution in [0.3, 0.4) is 0 Å². The molecular formula is C21H28N5O2+. The van der Waals surface area contributed by atoms with Crippen LogP contribution in [0.1, 0.15) is 37.3 Å². The van der Waals surface area contributed by atoms with Gasteiger partial charge in [-0.25, -0.2) is 9.78 Å². The molecule has 3 aromatic rings. The zero-order chi connectivity index (χ0) is 19.8. The third kappa shape index (κ3) is 3.26. The first-order valence-electron chi connectivity index (χ1n) is 9.79. The van der Waals surface area contributed by atoms with Crippen LogP contribution in [0, 0.1) is 6.92 Å². The van der Waals surface area contributed by atoms with Crippen LogP contribution in [-0.2, 0) is 7.05 Å². The molecule has 4 rings (SSSR count). The fourth-order valence-electron chi connectivity index (χ4n) is 4.12. The van der Waals surface area contributed by atoms with Crippen molar-refractivity contribution in [2.24, 2.45) is 7.05 Å². The summed E-state index contributed by atoms with van der Waals surface area (Å²) in [5.74, 6) is 1.55. The number of benzene rings is 1. The predicted octanol–water partition coefficient (Wildman–Crippen LogP) is 2.52. The average molecular weight is 382 g/mol. The molecule has 0 spiro atoms. The summed E-state index contributed by atoms with van der Waals surface area (Å²) in [7, 11) is 3.48. The average Bonchev–Trinajstić information content (AvgIpc) is 2.94. The molecule has 7 nitrogen and oxygen atoms in total. The Morgan fingerprint density at radius 1 is 1.18 bits per heavy atom. The van der Waals surface area contributed by atoms with Crippen molar-refractivity contribution >= 4 is 22.5 Å². The fourth-order valence-corrected chi connectivity index (χ4v) is 4.12. The summed E-state index contributed by atoms with van der Waals surface area (Å²) in [4.78, 5) is 17.4. The number of aryl methyl sites for hydroxylation is 2. The smallest absolute Gasteiger partial charge is 0.329 e.